The SMILES string of the molecule is COC(=O)c1cc(F)c(N2CCN(C(=O)OC(C)(C)C)CC2)cc1F. The van der Waals surface area contributed by atoms with Crippen LogP contribution in [0.25, 0.3) is 0 Å². The van der Waals surface area contributed by atoms with E-state index in [-0.39, 0.29) is 5.69 Å². The molecule has 1 amide bonds. The van der Waals surface area contributed by atoms with Gasteiger partial charge < -0.3 is 19.3 Å². The molecule has 6 nitrogen and oxygen atoms in total. The van der Waals surface area contributed by atoms with Gasteiger partial charge >= 0.3 is 12.1 Å². The Kier molecular flexibility index (Phi) is 5.49. The summed E-state index contributed by atoms with van der Waals surface area (Å²) in [5.74, 6) is -2.50. The van der Waals surface area contributed by atoms with Crippen molar-refractivity contribution < 1.29 is 27.8 Å². The van der Waals surface area contributed by atoms with Crippen molar-refractivity contribution in [1.29, 1.82) is 0 Å². The van der Waals surface area contributed by atoms with E-state index in [0.29, 0.717) is 26.2 Å². The quantitative estimate of drug-likeness (QED) is 0.763. The molecule has 1 heterocycles. The van der Waals surface area contributed by atoms with Crippen LogP contribution in [0, 0.1) is 11.6 Å². The van der Waals surface area contributed by atoms with Gasteiger partial charge in [0.2, 0.25) is 0 Å². The Balaban J connectivity index is 2.07. The molecule has 0 atom stereocenters. The van der Waals surface area contributed by atoms with E-state index >= 15 is 0 Å². The van der Waals surface area contributed by atoms with Gasteiger partial charge in [-0.2, -0.15) is 0 Å². The standard InChI is InChI=1S/C17H22F2N2O4/c1-17(2,3)25-16(23)21-7-5-20(6-8-21)14-10-12(18)11(9-13(14)19)15(22)24-4/h9-10H,5-8H2,1-4H3. The van der Waals surface area contributed by atoms with Gasteiger partial charge in [-0.15, -0.1) is 0 Å². The highest BCUT2D eigenvalue weighted by Crippen LogP contribution is 2.25. The van der Waals surface area contributed by atoms with Crippen LogP contribution in [0.4, 0.5) is 19.3 Å². The second kappa shape index (κ2) is 7.25. The summed E-state index contributed by atoms with van der Waals surface area (Å²) in [6, 6.07) is 1.81. The number of hydrogen-bond donors (Lipinski definition) is 0. The summed E-state index contributed by atoms with van der Waals surface area (Å²) < 4.78 is 38.0. The first-order valence-corrected chi connectivity index (χ1v) is 7.92. The van der Waals surface area contributed by atoms with E-state index in [1.807, 2.05) is 0 Å². The number of methoxy groups -OCH3 is 1. The highest BCUT2D eigenvalue weighted by Gasteiger charge is 2.27. The van der Waals surface area contributed by atoms with Crippen molar-refractivity contribution in [1.82, 2.24) is 4.90 Å². The normalized spacial score (nSPS) is 15.1. The van der Waals surface area contributed by atoms with Gasteiger partial charge in [0.15, 0.2) is 0 Å². The van der Waals surface area contributed by atoms with Crippen molar-refractivity contribution in [3.8, 4) is 0 Å². The summed E-state index contributed by atoms with van der Waals surface area (Å²) in [4.78, 5) is 26.6. The smallest absolute Gasteiger partial charge is 0.410 e. The molecule has 1 aliphatic rings. The van der Waals surface area contributed by atoms with E-state index in [1.165, 1.54) is 4.90 Å². The zero-order chi connectivity index (χ0) is 18.8. The lowest BCUT2D eigenvalue weighted by Gasteiger charge is -2.36. The molecular formula is C17H22F2N2O4. The number of carbonyl (C=O) groups is 2. The number of halogens is 2. The Morgan fingerprint density at radius 3 is 2.16 bits per heavy atom. The topological polar surface area (TPSA) is 59.1 Å². The molecule has 1 aliphatic heterocycles. The molecule has 2 rings (SSSR count). The monoisotopic (exact) mass is 356 g/mol. The second-order valence-corrected chi connectivity index (χ2v) is 6.73. The van der Waals surface area contributed by atoms with Crippen LogP contribution in [0.2, 0.25) is 0 Å². The number of anilines is 1. The van der Waals surface area contributed by atoms with E-state index in [1.54, 1.807) is 25.7 Å². The van der Waals surface area contributed by atoms with Crippen molar-refractivity contribution in [3.63, 3.8) is 0 Å². The van der Waals surface area contributed by atoms with Crippen molar-refractivity contribution in [2.45, 2.75) is 26.4 Å². The second-order valence-electron chi connectivity index (χ2n) is 6.73. The molecule has 0 saturated carbocycles. The van der Waals surface area contributed by atoms with Crippen molar-refractivity contribution in [2.75, 3.05) is 38.2 Å². The van der Waals surface area contributed by atoms with Crippen molar-refractivity contribution >= 4 is 17.7 Å². The third kappa shape index (κ3) is 4.58. The van der Waals surface area contributed by atoms with Gasteiger partial charge in [0.25, 0.3) is 0 Å². The molecule has 1 saturated heterocycles. The number of nitrogens with zero attached hydrogens (tertiary/aromatic N) is 2. The average molecular weight is 356 g/mol. The minimum Gasteiger partial charge on any atom is -0.465 e. The molecule has 0 bridgehead atoms. The fourth-order valence-electron chi connectivity index (χ4n) is 2.50. The summed E-state index contributed by atoms with van der Waals surface area (Å²) in [7, 11) is 1.10. The summed E-state index contributed by atoms with van der Waals surface area (Å²) in [5, 5.41) is 0. The van der Waals surface area contributed by atoms with Crippen LogP contribution < -0.4 is 4.90 Å². The van der Waals surface area contributed by atoms with Gasteiger partial charge in [-0.1, -0.05) is 0 Å². The van der Waals surface area contributed by atoms with Gasteiger partial charge in [-0.3, -0.25) is 0 Å². The molecule has 1 aromatic rings. The minimum absolute atomic E-state index is 0.0500. The van der Waals surface area contributed by atoms with Crippen LogP contribution in [0.1, 0.15) is 31.1 Å². The van der Waals surface area contributed by atoms with E-state index in [2.05, 4.69) is 4.74 Å². The predicted molar refractivity (Wildman–Crippen MR) is 87.7 cm³/mol. The fourth-order valence-corrected chi connectivity index (χ4v) is 2.50. The summed E-state index contributed by atoms with van der Waals surface area (Å²) in [6.07, 6.45) is -0.431. The van der Waals surface area contributed by atoms with Gasteiger partial charge in [0, 0.05) is 32.2 Å². The Morgan fingerprint density at radius 2 is 1.64 bits per heavy atom. The molecule has 0 aromatic heterocycles. The largest absolute Gasteiger partial charge is 0.465 e. The van der Waals surface area contributed by atoms with Gasteiger partial charge in [0.05, 0.1) is 18.4 Å². The van der Waals surface area contributed by atoms with Crippen LogP contribution in [-0.4, -0.2) is 55.9 Å². The average Bonchev–Trinajstić information content (AvgIpc) is 2.54. The highest BCUT2D eigenvalue weighted by molar-refractivity contribution is 5.90. The Bertz CT molecular complexity index is 665. The van der Waals surface area contributed by atoms with Crippen molar-refractivity contribution in [3.05, 3.63) is 29.3 Å². The molecule has 25 heavy (non-hydrogen) atoms. The summed E-state index contributed by atoms with van der Waals surface area (Å²) >= 11 is 0. The Hall–Kier alpha value is -2.38. The number of piperazine rings is 1. The highest BCUT2D eigenvalue weighted by atomic mass is 19.1. The van der Waals surface area contributed by atoms with Crippen LogP contribution >= 0.6 is 0 Å². The number of amides is 1. The maximum Gasteiger partial charge on any atom is 0.410 e. The van der Waals surface area contributed by atoms with Gasteiger partial charge in [-0.25, -0.2) is 18.4 Å². The first-order chi connectivity index (χ1) is 11.6. The predicted octanol–water partition coefficient (Wildman–Crippen LogP) is 2.81. The lowest BCUT2D eigenvalue weighted by Crippen LogP contribution is -2.50. The Morgan fingerprint density at radius 1 is 1.04 bits per heavy atom. The first-order valence-electron chi connectivity index (χ1n) is 7.92. The van der Waals surface area contributed by atoms with Gasteiger partial charge in [0.1, 0.15) is 17.2 Å². The number of rotatable bonds is 2. The first kappa shape index (κ1) is 19.0. The number of hydrogen-bond acceptors (Lipinski definition) is 5. The maximum atomic E-state index is 14.3. The van der Waals surface area contributed by atoms with Crippen LogP contribution in [0.3, 0.4) is 0 Å². The lowest BCUT2D eigenvalue weighted by atomic mass is 10.1. The molecule has 0 radical (unpaired) electrons. The zero-order valence-corrected chi connectivity index (χ0v) is 14.8. The molecule has 0 N–H and O–H groups in total. The minimum atomic E-state index is -0.933. The van der Waals surface area contributed by atoms with Crippen LogP contribution in [0.5, 0.6) is 0 Å². The number of esters is 1. The molecule has 138 valence electrons. The zero-order valence-electron chi connectivity index (χ0n) is 14.8. The van der Waals surface area contributed by atoms with E-state index in [0.717, 1.165) is 19.2 Å². The van der Waals surface area contributed by atoms with E-state index < -0.39 is 34.9 Å². The van der Waals surface area contributed by atoms with Crippen molar-refractivity contribution in [2.24, 2.45) is 0 Å². The lowest BCUT2D eigenvalue weighted by molar-refractivity contribution is 0.0240. The molecule has 8 heteroatoms. The molecule has 1 aromatic carbocycles. The number of benzene rings is 1. The van der Waals surface area contributed by atoms with E-state index in [9.17, 15) is 18.4 Å². The number of carbonyl (C=O) groups excluding carboxylic acids is 2. The molecule has 0 aliphatic carbocycles. The third-order valence-corrected chi connectivity index (χ3v) is 3.71. The third-order valence-electron chi connectivity index (χ3n) is 3.71. The molecule has 1 fully saturated rings. The molecular weight excluding hydrogens is 334 g/mol. The molecule has 0 spiro atoms. The van der Waals surface area contributed by atoms with E-state index in [4.69, 9.17) is 4.74 Å². The Labute approximate surface area is 145 Å². The summed E-state index contributed by atoms with van der Waals surface area (Å²) in [6.45, 7) is 6.65. The van der Waals surface area contributed by atoms with Crippen LogP contribution in [0.15, 0.2) is 12.1 Å². The number of ether oxygens (including phenoxy) is 2. The summed E-state index contributed by atoms with van der Waals surface area (Å²) in [5.41, 5.74) is -0.988. The van der Waals surface area contributed by atoms with Gasteiger partial charge in [-0.05, 0) is 26.8 Å². The van der Waals surface area contributed by atoms with Crippen LogP contribution in [-0.2, 0) is 9.47 Å². The maximum absolute atomic E-state index is 14.3. The fraction of sp³-hybridized carbons (Fsp3) is 0.529. The molecule has 0 unspecified atom stereocenters.